The molecule has 2 heterocycles. The smallest absolute Gasteiger partial charge is 0.243 e. The van der Waals surface area contributed by atoms with Crippen molar-refractivity contribution in [3.05, 3.63) is 51.7 Å². The normalized spacial score (nSPS) is 15.9. The molecule has 0 N–H and O–H groups in total. The van der Waals surface area contributed by atoms with Crippen LogP contribution >= 0.6 is 11.3 Å². The van der Waals surface area contributed by atoms with Gasteiger partial charge in [0.2, 0.25) is 15.9 Å². The van der Waals surface area contributed by atoms with Gasteiger partial charge in [0.05, 0.1) is 11.4 Å². The van der Waals surface area contributed by atoms with Crippen LogP contribution < -0.4 is 0 Å². The van der Waals surface area contributed by atoms with Crippen molar-refractivity contribution in [1.82, 2.24) is 14.1 Å². The third-order valence-corrected chi connectivity index (χ3v) is 7.87. The van der Waals surface area contributed by atoms with E-state index >= 15 is 0 Å². The number of hydrogen-bond donors (Lipinski definition) is 0. The van der Waals surface area contributed by atoms with Crippen LogP contribution in [-0.4, -0.2) is 68.2 Å². The Labute approximate surface area is 171 Å². The molecule has 8 heteroatoms. The van der Waals surface area contributed by atoms with Gasteiger partial charge >= 0.3 is 0 Å². The Balaban J connectivity index is 1.57. The summed E-state index contributed by atoms with van der Waals surface area (Å²) in [6.45, 7) is 6.29. The number of carbonyl (C=O) groups is 1. The van der Waals surface area contributed by atoms with Gasteiger partial charge in [-0.1, -0.05) is 18.2 Å². The minimum Gasteiger partial charge on any atom is -0.339 e. The fourth-order valence-electron chi connectivity index (χ4n) is 3.36. The Hall–Kier alpha value is -1.74. The van der Waals surface area contributed by atoms with Crippen LogP contribution in [0.3, 0.4) is 0 Å². The van der Waals surface area contributed by atoms with Crippen molar-refractivity contribution < 1.29 is 13.2 Å². The molecular formula is C20H27N3O3S2. The molecule has 0 saturated carbocycles. The van der Waals surface area contributed by atoms with Crippen LogP contribution in [0.1, 0.15) is 16.0 Å². The molecule has 152 valence electrons. The van der Waals surface area contributed by atoms with Crippen LogP contribution in [0.15, 0.2) is 40.6 Å². The molecule has 1 saturated heterocycles. The third-order valence-electron chi connectivity index (χ3n) is 4.96. The molecule has 1 amide bonds. The quantitative estimate of drug-likeness (QED) is 0.718. The number of sulfonamides is 1. The Morgan fingerprint density at radius 2 is 1.86 bits per heavy atom. The number of rotatable bonds is 6. The van der Waals surface area contributed by atoms with Crippen LogP contribution in [0.4, 0.5) is 0 Å². The second-order valence-corrected chi connectivity index (χ2v) is 10.2. The molecule has 1 fully saturated rings. The molecule has 0 aliphatic carbocycles. The number of benzene rings is 1. The van der Waals surface area contributed by atoms with Crippen molar-refractivity contribution in [2.24, 2.45) is 0 Å². The first-order valence-corrected chi connectivity index (χ1v) is 11.7. The lowest BCUT2D eigenvalue weighted by molar-refractivity contribution is -0.133. The van der Waals surface area contributed by atoms with E-state index in [1.54, 1.807) is 22.3 Å². The summed E-state index contributed by atoms with van der Waals surface area (Å²) >= 11 is 1.68. The number of carbonyl (C=O) groups excluding carboxylic acids is 1. The zero-order chi connectivity index (χ0) is 20.3. The van der Waals surface area contributed by atoms with Gasteiger partial charge in [0.1, 0.15) is 0 Å². The van der Waals surface area contributed by atoms with E-state index in [0.717, 1.165) is 17.7 Å². The van der Waals surface area contributed by atoms with Crippen molar-refractivity contribution in [1.29, 1.82) is 0 Å². The van der Waals surface area contributed by atoms with Gasteiger partial charge in [-0.15, -0.1) is 11.3 Å². The predicted octanol–water partition coefficient (Wildman–Crippen LogP) is 2.33. The Kier molecular flexibility index (Phi) is 6.54. The third kappa shape index (κ3) is 4.81. The molecule has 6 nitrogen and oxygen atoms in total. The standard InChI is InChI=1S/C20H27N3O3S2/c1-16-6-7-17(2)19(13-16)28(25,26)23-10-8-22(9-11-23)20(24)15-21(3)14-18-5-4-12-27-18/h4-7,12-13H,8-11,14-15H2,1-3H3. The molecule has 1 aliphatic heterocycles. The highest BCUT2D eigenvalue weighted by Crippen LogP contribution is 2.22. The fraction of sp³-hybridized carbons (Fsp3) is 0.450. The molecule has 1 aromatic heterocycles. The maximum atomic E-state index is 13.0. The number of piperazine rings is 1. The number of amides is 1. The van der Waals surface area contributed by atoms with Gasteiger partial charge in [-0.2, -0.15) is 4.31 Å². The summed E-state index contributed by atoms with van der Waals surface area (Å²) in [6.07, 6.45) is 0. The van der Waals surface area contributed by atoms with Gasteiger partial charge in [0.25, 0.3) is 0 Å². The number of likely N-dealkylation sites (N-methyl/N-ethyl adjacent to an activating group) is 1. The zero-order valence-corrected chi connectivity index (χ0v) is 18.2. The first kappa shape index (κ1) is 21.0. The average molecular weight is 422 g/mol. The highest BCUT2D eigenvalue weighted by atomic mass is 32.2. The summed E-state index contributed by atoms with van der Waals surface area (Å²) in [6, 6.07) is 9.54. The Morgan fingerprint density at radius 3 is 2.50 bits per heavy atom. The molecule has 0 atom stereocenters. The molecule has 0 unspecified atom stereocenters. The summed E-state index contributed by atoms with van der Waals surface area (Å²) in [7, 11) is -1.61. The topological polar surface area (TPSA) is 60.9 Å². The zero-order valence-electron chi connectivity index (χ0n) is 16.6. The van der Waals surface area contributed by atoms with Crippen LogP contribution in [0.25, 0.3) is 0 Å². The molecule has 28 heavy (non-hydrogen) atoms. The van der Waals surface area contributed by atoms with E-state index in [1.165, 1.54) is 9.18 Å². The monoisotopic (exact) mass is 421 g/mol. The number of aryl methyl sites for hydroxylation is 2. The minimum absolute atomic E-state index is 0.0443. The predicted molar refractivity (Wildman–Crippen MR) is 112 cm³/mol. The van der Waals surface area contributed by atoms with Crippen molar-refractivity contribution >= 4 is 27.3 Å². The maximum Gasteiger partial charge on any atom is 0.243 e. The van der Waals surface area contributed by atoms with Gasteiger partial charge in [-0.3, -0.25) is 9.69 Å². The number of hydrogen-bond acceptors (Lipinski definition) is 5. The van der Waals surface area contributed by atoms with Gasteiger partial charge in [0, 0.05) is 37.6 Å². The maximum absolute atomic E-state index is 13.0. The molecule has 0 bridgehead atoms. The minimum atomic E-state index is -3.54. The lowest BCUT2D eigenvalue weighted by atomic mass is 10.2. The molecule has 3 rings (SSSR count). The number of thiophene rings is 1. The van der Waals surface area contributed by atoms with E-state index in [9.17, 15) is 13.2 Å². The second kappa shape index (κ2) is 8.73. The van der Waals surface area contributed by atoms with E-state index in [0.29, 0.717) is 37.6 Å². The van der Waals surface area contributed by atoms with Crippen LogP contribution in [0.2, 0.25) is 0 Å². The summed E-state index contributed by atoms with van der Waals surface area (Å²) in [5.41, 5.74) is 1.67. The molecular weight excluding hydrogens is 394 g/mol. The first-order valence-electron chi connectivity index (χ1n) is 9.33. The first-order chi connectivity index (χ1) is 13.3. The lowest BCUT2D eigenvalue weighted by Gasteiger charge is -2.35. The van der Waals surface area contributed by atoms with Crippen LogP contribution in [0.5, 0.6) is 0 Å². The van der Waals surface area contributed by atoms with E-state index in [-0.39, 0.29) is 5.91 Å². The summed E-state index contributed by atoms with van der Waals surface area (Å²) in [4.78, 5) is 17.9. The highest BCUT2D eigenvalue weighted by molar-refractivity contribution is 7.89. The fourth-order valence-corrected chi connectivity index (χ4v) is 5.87. The van der Waals surface area contributed by atoms with Crippen LogP contribution in [-0.2, 0) is 21.4 Å². The summed E-state index contributed by atoms with van der Waals surface area (Å²) in [5, 5.41) is 2.03. The van der Waals surface area contributed by atoms with Gasteiger partial charge in [-0.05, 0) is 49.5 Å². The van der Waals surface area contributed by atoms with Crippen molar-refractivity contribution in [2.75, 3.05) is 39.8 Å². The van der Waals surface area contributed by atoms with Gasteiger partial charge < -0.3 is 4.90 Å². The summed E-state index contributed by atoms with van der Waals surface area (Å²) in [5.74, 6) is 0.0443. The second-order valence-electron chi connectivity index (χ2n) is 7.31. The van der Waals surface area contributed by atoms with E-state index in [2.05, 4.69) is 6.07 Å². The molecule has 1 aromatic carbocycles. The van der Waals surface area contributed by atoms with E-state index in [1.807, 2.05) is 49.4 Å². The SMILES string of the molecule is Cc1ccc(C)c(S(=O)(=O)N2CCN(C(=O)CN(C)Cc3cccs3)CC2)c1. The molecule has 2 aromatic rings. The lowest BCUT2D eigenvalue weighted by Crippen LogP contribution is -2.52. The molecule has 0 spiro atoms. The van der Waals surface area contributed by atoms with Crippen molar-refractivity contribution in [3.63, 3.8) is 0 Å². The molecule has 0 radical (unpaired) electrons. The van der Waals surface area contributed by atoms with E-state index in [4.69, 9.17) is 0 Å². The Bertz CT molecular complexity index is 918. The largest absolute Gasteiger partial charge is 0.339 e. The number of nitrogens with zero attached hydrogens (tertiary/aromatic N) is 3. The average Bonchev–Trinajstić information content (AvgIpc) is 3.16. The molecule has 1 aliphatic rings. The van der Waals surface area contributed by atoms with Crippen molar-refractivity contribution in [3.8, 4) is 0 Å². The Morgan fingerprint density at radius 1 is 1.14 bits per heavy atom. The van der Waals surface area contributed by atoms with Crippen LogP contribution in [0, 0.1) is 13.8 Å². The van der Waals surface area contributed by atoms with E-state index < -0.39 is 10.0 Å². The highest BCUT2D eigenvalue weighted by Gasteiger charge is 2.31. The summed E-state index contributed by atoms with van der Waals surface area (Å²) < 4.78 is 27.5. The van der Waals surface area contributed by atoms with Gasteiger partial charge in [-0.25, -0.2) is 8.42 Å². The van der Waals surface area contributed by atoms with Gasteiger partial charge in [0.15, 0.2) is 0 Å². The van der Waals surface area contributed by atoms with Crippen molar-refractivity contribution in [2.45, 2.75) is 25.3 Å².